The Labute approximate surface area is 109 Å². The zero-order valence-electron chi connectivity index (χ0n) is 11.7. The summed E-state index contributed by atoms with van der Waals surface area (Å²) < 4.78 is 0. The molecule has 1 unspecified atom stereocenters. The van der Waals surface area contributed by atoms with E-state index in [2.05, 4.69) is 48.4 Å². The van der Waals surface area contributed by atoms with Gasteiger partial charge in [-0.2, -0.15) is 0 Å². The molecule has 0 saturated heterocycles. The van der Waals surface area contributed by atoms with Gasteiger partial charge in [-0.05, 0) is 33.4 Å². The molecule has 0 aliphatic heterocycles. The van der Waals surface area contributed by atoms with Crippen LogP contribution in [0.1, 0.15) is 37.9 Å². The summed E-state index contributed by atoms with van der Waals surface area (Å²) in [7, 11) is 4.14. The SMILES string of the molecule is CNCc1nc(CN(C)C(C)CC(C)C)cs1. The summed E-state index contributed by atoms with van der Waals surface area (Å²) in [6, 6.07) is 0.615. The van der Waals surface area contributed by atoms with E-state index in [9.17, 15) is 0 Å². The summed E-state index contributed by atoms with van der Waals surface area (Å²) in [5.41, 5.74) is 1.19. The van der Waals surface area contributed by atoms with Crippen molar-refractivity contribution in [3.63, 3.8) is 0 Å². The average molecular weight is 255 g/mol. The second-order valence-corrected chi connectivity index (χ2v) is 6.10. The molecule has 3 nitrogen and oxygen atoms in total. The van der Waals surface area contributed by atoms with E-state index >= 15 is 0 Å². The van der Waals surface area contributed by atoms with E-state index in [4.69, 9.17) is 0 Å². The summed E-state index contributed by atoms with van der Waals surface area (Å²) >= 11 is 1.74. The van der Waals surface area contributed by atoms with Gasteiger partial charge in [-0.25, -0.2) is 4.98 Å². The smallest absolute Gasteiger partial charge is 0.107 e. The minimum atomic E-state index is 0.615. The van der Waals surface area contributed by atoms with Crippen molar-refractivity contribution >= 4 is 11.3 Å². The molecule has 4 heteroatoms. The van der Waals surface area contributed by atoms with Gasteiger partial charge in [0.15, 0.2) is 0 Å². The molecule has 0 fully saturated rings. The van der Waals surface area contributed by atoms with Crippen LogP contribution < -0.4 is 5.32 Å². The van der Waals surface area contributed by atoms with Gasteiger partial charge in [0.1, 0.15) is 5.01 Å². The largest absolute Gasteiger partial charge is 0.314 e. The lowest BCUT2D eigenvalue weighted by atomic mass is 10.0. The Morgan fingerprint density at radius 3 is 2.71 bits per heavy atom. The van der Waals surface area contributed by atoms with E-state index in [1.165, 1.54) is 17.1 Å². The van der Waals surface area contributed by atoms with Gasteiger partial charge < -0.3 is 5.32 Å². The Morgan fingerprint density at radius 2 is 2.12 bits per heavy atom. The van der Waals surface area contributed by atoms with E-state index in [1.54, 1.807) is 11.3 Å². The summed E-state index contributed by atoms with van der Waals surface area (Å²) in [6.07, 6.45) is 1.24. The third-order valence-electron chi connectivity index (χ3n) is 2.90. The predicted octanol–water partition coefficient (Wildman–Crippen LogP) is 2.73. The Bertz CT molecular complexity index is 322. The lowest BCUT2D eigenvalue weighted by Gasteiger charge is -2.25. The number of nitrogens with zero attached hydrogens (tertiary/aromatic N) is 2. The summed E-state index contributed by atoms with van der Waals surface area (Å²) in [5.74, 6) is 0.753. The molecule has 0 aromatic carbocycles. The topological polar surface area (TPSA) is 28.2 Å². The molecule has 0 saturated carbocycles. The number of hydrogen-bond donors (Lipinski definition) is 1. The van der Waals surface area contributed by atoms with E-state index < -0.39 is 0 Å². The Hall–Kier alpha value is -0.450. The van der Waals surface area contributed by atoms with Crippen LogP contribution in [0.4, 0.5) is 0 Å². The maximum absolute atomic E-state index is 4.62. The van der Waals surface area contributed by atoms with Crippen molar-refractivity contribution in [2.24, 2.45) is 5.92 Å². The van der Waals surface area contributed by atoms with Crippen LogP contribution in [-0.2, 0) is 13.1 Å². The van der Waals surface area contributed by atoms with E-state index in [1.807, 2.05) is 7.05 Å². The van der Waals surface area contributed by atoms with Gasteiger partial charge in [0.2, 0.25) is 0 Å². The molecular formula is C13H25N3S. The minimum absolute atomic E-state index is 0.615. The molecule has 0 radical (unpaired) electrons. The summed E-state index contributed by atoms with van der Waals surface area (Å²) in [4.78, 5) is 7.00. The molecule has 98 valence electrons. The molecule has 0 aliphatic rings. The molecule has 1 atom stereocenters. The molecule has 17 heavy (non-hydrogen) atoms. The highest BCUT2D eigenvalue weighted by Crippen LogP contribution is 2.15. The first kappa shape index (κ1) is 14.6. The monoisotopic (exact) mass is 255 g/mol. The van der Waals surface area contributed by atoms with Crippen LogP contribution >= 0.6 is 11.3 Å². The standard InChI is InChI=1S/C13H25N3S/c1-10(2)6-11(3)16(5)8-12-9-17-13(15-12)7-14-4/h9-11,14H,6-8H2,1-5H3. The molecule has 0 amide bonds. The molecule has 1 aromatic heterocycles. The van der Waals surface area contributed by atoms with E-state index in [-0.39, 0.29) is 0 Å². The number of aromatic nitrogens is 1. The normalized spacial score (nSPS) is 13.6. The average Bonchev–Trinajstić information content (AvgIpc) is 2.65. The Kier molecular flexibility index (Phi) is 6.09. The van der Waals surface area contributed by atoms with Crippen LogP contribution in [0.3, 0.4) is 0 Å². The Morgan fingerprint density at radius 1 is 1.41 bits per heavy atom. The number of hydrogen-bond acceptors (Lipinski definition) is 4. The van der Waals surface area contributed by atoms with Gasteiger partial charge in [0.25, 0.3) is 0 Å². The van der Waals surface area contributed by atoms with Gasteiger partial charge in [-0.3, -0.25) is 4.90 Å². The fourth-order valence-corrected chi connectivity index (χ4v) is 2.72. The van der Waals surface area contributed by atoms with Crippen molar-refractivity contribution < 1.29 is 0 Å². The van der Waals surface area contributed by atoms with Gasteiger partial charge >= 0.3 is 0 Å². The lowest BCUT2D eigenvalue weighted by molar-refractivity contribution is 0.218. The maximum Gasteiger partial charge on any atom is 0.107 e. The molecule has 0 spiro atoms. The van der Waals surface area contributed by atoms with Gasteiger partial charge in [0.05, 0.1) is 5.69 Å². The second-order valence-electron chi connectivity index (χ2n) is 5.16. The van der Waals surface area contributed by atoms with Crippen LogP contribution in [0, 0.1) is 5.92 Å². The van der Waals surface area contributed by atoms with Crippen LogP contribution in [0.2, 0.25) is 0 Å². The second kappa shape index (κ2) is 7.09. The Balaban J connectivity index is 2.46. The first-order valence-electron chi connectivity index (χ1n) is 6.31. The van der Waals surface area contributed by atoms with Crippen LogP contribution in [0.15, 0.2) is 5.38 Å². The van der Waals surface area contributed by atoms with Gasteiger partial charge in [-0.15, -0.1) is 11.3 Å². The predicted molar refractivity (Wildman–Crippen MR) is 75.3 cm³/mol. The highest BCUT2D eigenvalue weighted by molar-refractivity contribution is 7.09. The minimum Gasteiger partial charge on any atom is -0.314 e. The van der Waals surface area contributed by atoms with E-state index in [0.29, 0.717) is 6.04 Å². The van der Waals surface area contributed by atoms with Crippen LogP contribution in [-0.4, -0.2) is 30.0 Å². The molecule has 0 aliphatic carbocycles. The number of nitrogens with one attached hydrogen (secondary N) is 1. The zero-order valence-corrected chi connectivity index (χ0v) is 12.5. The van der Waals surface area contributed by atoms with Gasteiger partial charge in [0, 0.05) is 24.5 Å². The third-order valence-corrected chi connectivity index (χ3v) is 3.80. The number of thiazole rings is 1. The van der Waals surface area contributed by atoms with Gasteiger partial charge in [-0.1, -0.05) is 13.8 Å². The lowest BCUT2D eigenvalue weighted by Crippen LogP contribution is -2.29. The molecule has 0 bridgehead atoms. The van der Waals surface area contributed by atoms with Crippen molar-refractivity contribution in [1.29, 1.82) is 0 Å². The maximum atomic E-state index is 4.62. The highest BCUT2D eigenvalue weighted by atomic mass is 32.1. The quantitative estimate of drug-likeness (QED) is 0.812. The van der Waals surface area contributed by atoms with Crippen molar-refractivity contribution in [1.82, 2.24) is 15.2 Å². The molecular weight excluding hydrogens is 230 g/mol. The zero-order chi connectivity index (χ0) is 12.8. The van der Waals surface area contributed by atoms with Crippen molar-refractivity contribution in [3.05, 3.63) is 16.1 Å². The van der Waals surface area contributed by atoms with Crippen molar-refractivity contribution in [3.8, 4) is 0 Å². The third kappa shape index (κ3) is 5.15. The van der Waals surface area contributed by atoms with Crippen molar-refractivity contribution in [2.45, 2.75) is 46.3 Å². The number of rotatable bonds is 7. The summed E-state index contributed by atoms with van der Waals surface area (Å²) in [5, 5.41) is 6.48. The fourth-order valence-electron chi connectivity index (χ4n) is 1.93. The first-order chi connectivity index (χ1) is 8.02. The fraction of sp³-hybridized carbons (Fsp3) is 0.769. The molecule has 1 heterocycles. The molecule has 1 rings (SSSR count). The molecule has 1 N–H and O–H groups in total. The highest BCUT2D eigenvalue weighted by Gasteiger charge is 2.12. The van der Waals surface area contributed by atoms with Crippen LogP contribution in [0.25, 0.3) is 0 Å². The summed E-state index contributed by atoms with van der Waals surface area (Å²) in [6.45, 7) is 8.67. The van der Waals surface area contributed by atoms with E-state index in [0.717, 1.165) is 19.0 Å². The van der Waals surface area contributed by atoms with Crippen LogP contribution in [0.5, 0.6) is 0 Å². The molecule has 1 aromatic rings. The first-order valence-corrected chi connectivity index (χ1v) is 7.19. The van der Waals surface area contributed by atoms with Crippen molar-refractivity contribution in [2.75, 3.05) is 14.1 Å².